The SMILES string of the molecule is C=CCOC(=O)c1ccccc1.C=CCOc1c(C(N)=O)ccc([N+](=O)[O-])c1OC(C)C. The van der Waals surface area contributed by atoms with E-state index >= 15 is 0 Å². The number of carbonyl (C=O) groups is 2. The van der Waals surface area contributed by atoms with Gasteiger partial charge in [-0.15, -0.1) is 0 Å². The summed E-state index contributed by atoms with van der Waals surface area (Å²) in [7, 11) is 0. The van der Waals surface area contributed by atoms with E-state index in [1.165, 1.54) is 18.2 Å². The van der Waals surface area contributed by atoms with Crippen LogP contribution in [0.3, 0.4) is 0 Å². The Morgan fingerprint density at radius 2 is 1.69 bits per heavy atom. The van der Waals surface area contributed by atoms with Gasteiger partial charge in [0, 0.05) is 6.07 Å². The lowest BCUT2D eigenvalue weighted by molar-refractivity contribution is -0.386. The molecule has 1 amide bonds. The monoisotopic (exact) mass is 442 g/mol. The summed E-state index contributed by atoms with van der Waals surface area (Å²) in [5.41, 5.74) is 5.54. The zero-order chi connectivity index (χ0) is 24.1. The zero-order valence-electron chi connectivity index (χ0n) is 18.0. The first kappa shape index (κ1) is 25.9. The summed E-state index contributed by atoms with van der Waals surface area (Å²) in [6, 6.07) is 11.3. The second-order valence-corrected chi connectivity index (χ2v) is 6.43. The first-order valence-corrected chi connectivity index (χ1v) is 9.57. The second-order valence-electron chi connectivity index (χ2n) is 6.43. The standard InChI is InChI=1S/C13H16N2O5.C10H10O2/c1-4-7-19-11-9(13(14)16)5-6-10(15(17)18)12(11)20-8(2)3;1-2-8-12-10(11)9-6-4-3-5-7-9/h4-6,8H,1,7H2,2-3H3,(H2,14,16);2-7H,1,8H2. The minimum atomic E-state index is -0.757. The number of nitro groups is 1. The van der Waals surface area contributed by atoms with Gasteiger partial charge >= 0.3 is 11.7 Å². The molecular formula is C23H26N2O7. The van der Waals surface area contributed by atoms with E-state index in [1.54, 1.807) is 44.2 Å². The molecule has 0 aromatic heterocycles. The number of amides is 1. The van der Waals surface area contributed by atoms with E-state index in [0.717, 1.165) is 0 Å². The van der Waals surface area contributed by atoms with Crippen LogP contribution < -0.4 is 15.2 Å². The molecule has 2 rings (SSSR count). The van der Waals surface area contributed by atoms with Crippen molar-refractivity contribution in [2.75, 3.05) is 13.2 Å². The molecule has 0 heterocycles. The van der Waals surface area contributed by atoms with Crippen molar-refractivity contribution in [1.29, 1.82) is 0 Å². The van der Waals surface area contributed by atoms with Crippen molar-refractivity contribution in [2.24, 2.45) is 5.73 Å². The Bertz CT molecular complexity index is 956. The lowest BCUT2D eigenvalue weighted by Crippen LogP contribution is -2.16. The number of nitrogens with zero attached hydrogens (tertiary/aromatic N) is 1. The molecule has 2 aromatic carbocycles. The van der Waals surface area contributed by atoms with Crippen molar-refractivity contribution in [2.45, 2.75) is 20.0 Å². The van der Waals surface area contributed by atoms with E-state index in [9.17, 15) is 19.7 Å². The Labute approximate surface area is 186 Å². The van der Waals surface area contributed by atoms with Crippen molar-refractivity contribution < 1.29 is 28.7 Å². The summed E-state index contributed by atoms with van der Waals surface area (Å²) < 4.78 is 15.6. The van der Waals surface area contributed by atoms with Crippen LogP contribution in [-0.4, -0.2) is 36.1 Å². The maximum Gasteiger partial charge on any atom is 0.338 e. The van der Waals surface area contributed by atoms with Crippen molar-refractivity contribution in [1.82, 2.24) is 0 Å². The van der Waals surface area contributed by atoms with Crippen LogP contribution in [0.1, 0.15) is 34.6 Å². The fourth-order valence-electron chi connectivity index (χ4n) is 2.32. The average molecular weight is 442 g/mol. The molecule has 32 heavy (non-hydrogen) atoms. The van der Waals surface area contributed by atoms with Crippen molar-refractivity contribution in [3.05, 3.63) is 89.0 Å². The molecule has 0 aliphatic heterocycles. The lowest BCUT2D eigenvalue weighted by Gasteiger charge is -2.16. The third-order valence-corrected chi connectivity index (χ3v) is 3.59. The topological polar surface area (TPSA) is 131 Å². The molecule has 0 radical (unpaired) electrons. The predicted octanol–water partition coefficient (Wildman–Crippen LogP) is 4.08. The summed E-state index contributed by atoms with van der Waals surface area (Å²) in [5, 5.41) is 11.0. The summed E-state index contributed by atoms with van der Waals surface area (Å²) in [5.74, 6) is -1.22. The van der Waals surface area contributed by atoms with Gasteiger partial charge in [0.15, 0.2) is 5.75 Å². The normalized spacial score (nSPS) is 9.72. The molecule has 9 heteroatoms. The third kappa shape index (κ3) is 7.94. The van der Waals surface area contributed by atoms with E-state index < -0.39 is 10.8 Å². The highest BCUT2D eigenvalue weighted by atomic mass is 16.6. The predicted molar refractivity (Wildman–Crippen MR) is 120 cm³/mol. The molecule has 0 spiro atoms. The number of nitrogens with two attached hydrogens (primary N) is 1. The molecule has 0 unspecified atom stereocenters. The molecule has 0 saturated heterocycles. The molecular weight excluding hydrogens is 416 g/mol. The second kappa shape index (κ2) is 13.2. The molecule has 9 nitrogen and oxygen atoms in total. The van der Waals surface area contributed by atoms with Gasteiger partial charge in [0.2, 0.25) is 5.75 Å². The van der Waals surface area contributed by atoms with Gasteiger partial charge in [-0.25, -0.2) is 4.79 Å². The van der Waals surface area contributed by atoms with E-state index in [0.29, 0.717) is 5.56 Å². The van der Waals surface area contributed by atoms with Crippen LogP contribution in [0.25, 0.3) is 0 Å². The van der Waals surface area contributed by atoms with Gasteiger partial charge in [0.05, 0.1) is 22.2 Å². The first-order chi connectivity index (χ1) is 15.2. The smallest absolute Gasteiger partial charge is 0.338 e. The largest absolute Gasteiger partial charge is 0.485 e. The Hall–Kier alpha value is -4.14. The lowest BCUT2D eigenvalue weighted by atomic mass is 10.1. The fourth-order valence-corrected chi connectivity index (χ4v) is 2.32. The van der Waals surface area contributed by atoms with Crippen LogP contribution in [-0.2, 0) is 4.74 Å². The molecule has 2 aromatic rings. The molecule has 0 atom stereocenters. The van der Waals surface area contributed by atoms with Crippen LogP contribution >= 0.6 is 0 Å². The van der Waals surface area contributed by atoms with Gasteiger partial charge in [-0.2, -0.15) is 0 Å². The van der Waals surface area contributed by atoms with Gasteiger partial charge in [-0.3, -0.25) is 14.9 Å². The van der Waals surface area contributed by atoms with Crippen LogP contribution in [0.4, 0.5) is 5.69 Å². The zero-order valence-corrected chi connectivity index (χ0v) is 18.0. The van der Waals surface area contributed by atoms with Gasteiger partial charge in [-0.05, 0) is 32.0 Å². The van der Waals surface area contributed by atoms with Crippen LogP contribution in [0.5, 0.6) is 11.5 Å². The van der Waals surface area contributed by atoms with Gasteiger partial charge < -0.3 is 19.9 Å². The summed E-state index contributed by atoms with van der Waals surface area (Å²) in [6.45, 7) is 10.7. The number of primary amides is 1. The van der Waals surface area contributed by atoms with Crippen LogP contribution in [0.2, 0.25) is 0 Å². The number of esters is 1. The Morgan fingerprint density at radius 3 is 2.19 bits per heavy atom. The summed E-state index contributed by atoms with van der Waals surface area (Å²) in [6.07, 6.45) is 2.66. The third-order valence-electron chi connectivity index (χ3n) is 3.59. The molecule has 0 fully saturated rings. The molecule has 2 N–H and O–H groups in total. The Morgan fingerprint density at radius 1 is 1.06 bits per heavy atom. The van der Waals surface area contributed by atoms with E-state index in [1.807, 2.05) is 6.07 Å². The minimum Gasteiger partial charge on any atom is -0.485 e. The van der Waals surface area contributed by atoms with Crippen LogP contribution in [0.15, 0.2) is 67.8 Å². The first-order valence-electron chi connectivity index (χ1n) is 9.57. The fraction of sp³-hybridized carbons (Fsp3) is 0.217. The Balaban J connectivity index is 0.000000363. The van der Waals surface area contributed by atoms with Gasteiger partial charge in [-0.1, -0.05) is 43.5 Å². The number of ether oxygens (including phenoxy) is 3. The maximum absolute atomic E-state index is 11.4. The Kier molecular flexibility index (Phi) is 10.7. The average Bonchev–Trinajstić information content (AvgIpc) is 2.76. The summed E-state index contributed by atoms with van der Waals surface area (Å²) in [4.78, 5) is 33.0. The minimum absolute atomic E-state index is 0.0214. The van der Waals surface area contributed by atoms with E-state index in [4.69, 9.17) is 19.9 Å². The number of hydrogen-bond acceptors (Lipinski definition) is 7. The van der Waals surface area contributed by atoms with E-state index in [2.05, 4.69) is 13.2 Å². The number of benzene rings is 2. The van der Waals surface area contributed by atoms with Gasteiger partial charge in [0.1, 0.15) is 13.2 Å². The molecule has 0 saturated carbocycles. The van der Waals surface area contributed by atoms with Crippen molar-refractivity contribution in [3.63, 3.8) is 0 Å². The molecule has 0 aliphatic rings. The summed E-state index contributed by atoms with van der Waals surface area (Å²) >= 11 is 0. The quantitative estimate of drug-likeness (QED) is 0.254. The van der Waals surface area contributed by atoms with Crippen molar-refractivity contribution >= 4 is 17.6 Å². The van der Waals surface area contributed by atoms with Crippen LogP contribution in [0, 0.1) is 10.1 Å². The molecule has 0 bridgehead atoms. The number of carbonyl (C=O) groups excluding carboxylic acids is 2. The maximum atomic E-state index is 11.4. The van der Waals surface area contributed by atoms with E-state index in [-0.39, 0.29) is 48.0 Å². The number of nitro benzene ring substituents is 1. The number of hydrogen-bond donors (Lipinski definition) is 1. The molecule has 170 valence electrons. The number of rotatable bonds is 10. The molecule has 0 aliphatic carbocycles. The highest BCUT2D eigenvalue weighted by Gasteiger charge is 2.26. The highest BCUT2D eigenvalue weighted by Crippen LogP contribution is 2.40. The van der Waals surface area contributed by atoms with Crippen molar-refractivity contribution in [3.8, 4) is 11.5 Å². The highest BCUT2D eigenvalue weighted by molar-refractivity contribution is 5.97. The van der Waals surface area contributed by atoms with Gasteiger partial charge in [0.25, 0.3) is 5.91 Å².